The summed E-state index contributed by atoms with van der Waals surface area (Å²) in [5.41, 5.74) is 0. The highest BCUT2D eigenvalue weighted by molar-refractivity contribution is 7.86. The van der Waals surface area contributed by atoms with Gasteiger partial charge in [0, 0.05) is 6.54 Å². The number of rotatable bonds is 2. The van der Waals surface area contributed by atoms with Gasteiger partial charge in [0.1, 0.15) is 0 Å². The Kier molecular flexibility index (Phi) is 3.28. The molecule has 3 N–H and O–H groups in total. The van der Waals surface area contributed by atoms with Gasteiger partial charge in [-0.1, -0.05) is 6.92 Å². The summed E-state index contributed by atoms with van der Waals surface area (Å²) in [5, 5.41) is 14.1. The summed E-state index contributed by atoms with van der Waals surface area (Å²) in [6, 6.07) is -0.344. The van der Waals surface area contributed by atoms with E-state index in [4.69, 9.17) is 10.2 Å². The van der Waals surface area contributed by atoms with Crippen LogP contribution >= 0.6 is 0 Å². The van der Waals surface area contributed by atoms with Crippen LogP contribution in [0, 0.1) is 5.92 Å². The lowest BCUT2D eigenvalue weighted by Gasteiger charge is -2.36. The quantitative estimate of drug-likeness (QED) is 0.628. The van der Waals surface area contributed by atoms with Crippen LogP contribution in [0.2, 0.25) is 0 Å². The second-order valence-electron chi connectivity index (χ2n) is 3.53. The standard InChI is InChI=1S/C7H16N2O3S/c1-6-3-2-4-9(7(6)5-10)13(8,11)12/h6-7,10H,2-5H2,1H3,(H2,8,11,12). The monoisotopic (exact) mass is 208 g/mol. The first-order valence-electron chi connectivity index (χ1n) is 4.37. The van der Waals surface area contributed by atoms with Crippen molar-refractivity contribution in [3.05, 3.63) is 0 Å². The number of piperidine rings is 1. The minimum atomic E-state index is -3.65. The normalized spacial score (nSPS) is 31.9. The Morgan fingerprint density at radius 2 is 2.23 bits per heavy atom. The molecule has 1 aliphatic rings. The molecule has 5 nitrogen and oxygen atoms in total. The predicted molar refractivity (Wildman–Crippen MR) is 49.1 cm³/mol. The lowest BCUT2D eigenvalue weighted by Crippen LogP contribution is -2.51. The third kappa shape index (κ3) is 2.40. The largest absolute Gasteiger partial charge is 0.395 e. The first kappa shape index (κ1) is 10.9. The number of nitrogens with zero attached hydrogens (tertiary/aromatic N) is 1. The summed E-state index contributed by atoms with van der Waals surface area (Å²) in [6.45, 7) is 2.20. The summed E-state index contributed by atoms with van der Waals surface area (Å²) in [5.74, 6) is 0.178. The first-order valence-corrected chi connectivity index (χ1v) is 5.87. The van der Waals surface area contributed by atoms with Crippen LogP contribution < -0.4 is 5.14 Å². The van der Waals surface area contributed by atoms with E-state index in [0.29, 0.717) is 6.54 Å². The van der Waals surface area contributed by atoms with Crippen LogP contribution in [0.15, 0.2) is 0 Å². The van der Waals surface area contributed by atoms with Crippen molar-refractivity contribution in [3.8, 4) is 0 Å². The molecule has 2 atom stereocenters. The third-order valence-corrected chi connectivity index (χ3v) is 3.69. The van der Waals surface area contributed by atoms with E-state index in [0.717, 1.165) is 12.8 Å². The van der Waals surface area contributed by atoms with E-state index >= 15 is 0 Å². The molecule has 0 aromatic rings. The van der Waals surface area contributed by atoms with Gasteiger partial charge in [0.05, 0.1) is 12.6 Å². The van der Waals surface area contributed by atoms with Crippen LogP contribution in [-0.4, -0.2) is 37.0 Å². The average Bonchev–Trinajstić information content (AvgIpc) is 2.02. The van der Waals surface area contributed by atoms with E-state index in [2.05, 4.69) is 0 Å². The van der Waals surface area contributed by atoms with Crippen molar-refractivity contribution in [2.75, 3.05) is 13.2 Å². The molecule has 1 fully saturated rings. The van der Waals surface area contributed by atoms with Crippen molar-refractivity contribution in [1.29, 1.82) is 0 Å². The van der Waals surface area contributed by atoms with Crippen LogP contribution in [0.4, 0.5) is 0 Å². The highest BCUT2D eigenvalue weighted by Gasteiger charge is 2.33. The van der Waals surface area contributed by atoms with Gasteiger partial charge < -0.3 is 5.11 Å². The minimum absolute atomic E-state index is 0.155. The predicted octanol–water partition coefficient (Wildman–Crippen LogP) is -0.717. The highest BCUT2D eigenvalue weighted by Crippen LogP contribution is 2.23. The molecule has 6 heteroatoms. The van der Waals surface area contributed by atoms with Crippen LogP contribution in [0.25, 0.3) is 0 Å². The zero-order valence-electron chi connectivity index (χ0n) is 7.68. The van der Waals surface area contributed by atoms with Crippen molar-refractivity contribution in [3.63, 3.8) is 0 Å². The SMILES string of the molecule is CC1CCCN(S(N)(=O)=O)C1CO. The van der Waals surface area contributed by atoms with Crippen LogP contribution in [0.1, 0.15) is 19.8 Å². The molecule has 0 aromatic heterocycles. The number of hydrogen-bond acceptors (Lipinski definition) is 3. The zero-order chi connectivity index (χ0) is 10.1. The molecule has 2 unspecified atom stereocenters. The van der Waals surface area contributed by atoms with Crippen LogP contribution in [0.3, 0.4) is 0 Å². The summed E-state index contributed by atoms with van der Waals surface area (Å²) >= 11 is 0. The van der Waals surface area contributed by atoms with E-state index in [-0.39, 0.29) is 18.6 Å². The maximum Gasteiger partial charge on any atom is 0.277 e. The molecular weight excluding hydrogens is 192 g/mol. The number of aliphatic hydroxyl groups is 1. The van der Waals surface area contributed by atoms with Crippen molar-refractivity contribution < 1.29 is 13.5 Å². The minimum Gasteiger partial charge on any atom is -0.395 e. The summed E-state index contributed by atoms with van der Waals surface area (Å²) < 4.78 is 23.4. The van der Waals surface area contributed by atoms with E-state index in [9.17, 15) is 8.42 Å². The van der Waals surface area contributed by atoms with Gasteiger partial charge >= 0.3 is 0 Å². The Morgan fingerprint density at radius 1 is 1.62 bits per heavy atom. The zero-order valence-corrected chi connectivity index (χ0v) is 8.50. The smallest absolute Gasteiger partial charge is 0.277 e. The maximum absolute atomic E-state index is 11.1. The lowest BCUT2D eigenvalue weighted by molar-refractivity contribution is 0.113. The Balaban J connectivity index is 2.83. The van der Waals surface area contributed by atoms with Gasteiger partial charge in [-0.15, -0.1) is 0 Å². The second kappa shape index (κ2) is 3.91. The summed E-state index contributed by atoms with van der Waals surface area (Å²) in [7, 11) is -3.65. The molecule has 1 aliphatic heterocycles. The van der Waals surface area contributed by atoms with Crippen LogP contribution in [-0.2, 0) is 10.2 Å². The third-order valence-electron chi connectivity index (χ3n) is 2.58. The van der Waals surface area contributed by atoms with Gasteiger partial charge in [-0.3, -0.25) is 0 Å². The highest BCUT2D eigenvalue weighted by atomic mass is 32.2. The van der Waals surface area contributed by atoms with E-state index in [1.54, 1.807) is 0 Å². The topological polar surface area (TPSA) is 83.6 Å². The molecule has 0 radical (unpaired) electrons. The molecule has 0 saturated carbocycles. The molecular formula is C7H16N2O3S. The van der Waals surface area contributed by atoms with Gasteiger partial charge in [-0.05, 0) is 18.8 Å². The molecule has 0 aromatic carbocycles. The average molecular weight is 208 g/mol. The molecule has 0 aliphatic carbocycles. The second-order valence-corrected chi connectivity index (χ2v) is 5.02. The van der Waals surface area contributed by atoms with Crippen molar-refractivity contribution >= 4 is 10.2 Å². The molecule has 0 spiro atoms. The van der Waals surface area contributed by atoms with E-state index < -0.39 is 10.2 Å². The molecule has 1 rings (SSSR count). The fraction of sp³-hybridized carbons (Fsp3) is 1.00. The Hall–Kier alpha value is -0.170. The van der Waals surface area contributed by atoms with Gasteiger partial charge in [-0.25, -0.2) is 5.14 Å². The maximum atomic E-state index is 11.1. The fourth-order valence-corrected chi connectivity index (χ4v) is 2.83. The van der Waals surface area contributed by atoms with E-state index in [1.165, 1.54) is 4.31 Å². The Labute approximate surface area is 78.7 Å². The molecule has 13 heavy (non-hydrogen) atoms. The number of hydrogen-bond donors (Lipinski definition) is 2. The Morgan fingerprint density at radius 3 is 2.62 bits per heavy atom. The number of aliphatic hydroxyl groups excluding tert-OH is 1. The summed E-state index contributed by atoms with van der Waals surface area (Å²) in [6.07, 6.45) is 1.76. The molecule has 0 amide bonds. The van der Waals surface area contributed by atoms with Gasteiger partial charge in [0.2, 0.25) is 0 Å². The van der Waals surface area contributed by atoms with E-state index in [1.807, 2.05) is 6.92 Å². The van der Waals surface area contributed by atoms with Gasteiger partial charge in [-0.2, -0.15) is 12.7 Å². The Bertz CT molecular complexity index is 265. The number of nitrogens with two attached hydrogens (primary N) is 1. The van der Waals surface area contributed by atoms with Gasteiger partial charge in [0.15, 0.2) is 0 Å². The van der Waals surface area contributed by atoms with Crippen molar-refractivity contribution in [2.24, 2.45) is 11.1 Å². The molecule has 1 heterocycles. The van der Waals surface area contributed by atoms with Crippen molar-refractivity contribution in [2.45, 2.75) is 25.8 Å². The first-order chi connectivity index (χ1) is 5.96. The molecule has 1 saturated heterocycles. The van der Waals surface area contributed by atoms with Crippen LogP contribution in [0.5, 0.6) is 0 Å². The molecule has 78 valence electrons. The summed E-state index contributed by atoms with van der Waals surface area (Å²) in [4.78, 5) is 0. The molecule has 0 bridgehead atoms. The fourth-order valence-electron chi connectivity index (χ4n) is 1.80. The lowest BCUT2D eigenvalue weighted by atomic mass is 9.93. The van der Waals surface area contributed by atoms with Crippen molar-refractivity contribution in [1.82, 2.24) is 4.31 Å². The van der Waals surface area contributed by atoms with Gasteiger partial charge in [0.25, 0.3) is 10.2 Å².